The number of esters is 1. The summed E-state index contributed by atoms with van der Waals surface area (Å²) in [7, 11) is 1.95. The van der Waals surface area contributed by atoms with Gasteiger partial charge in [-0.2, -0.15) is 0 Å². The molecule has 0 aromatic heterocycles. The van der Waals surface area contributed by atoms with Crippen LogP contribution < -0.4 is 10.7 Å². The van der Waals surface area contributed by atoms with Crippen molar-refractivity contribution in [2.24, 2.45) is 9.98 Å². The summed E-state index contributed by atoms with van der Waals surface area (Å²) in [6.07, 6.45) is 5.21. The largest absolute Gasteiger partial charge is 0.462 e. The van der Waals surface area contributed by atoms with Crippen LogP contribution in [0.1, 0.15) is 51.7 Å². The second-order valence-corrected chi connectivity index (χ2v) is 7.70. The third-order valence-corrected chi connectivity index (χ3v) is 5.08. The molecule has 0 radical (unpaired) electrons. The molecule has 1 aliphatic heterocycles. The third-order valence-electron chi connectivity index (χ3n) is 5.08. The average Bonchev–Trinajstić information content (AvgIpc) is 3.21. The molecule has 0 aliphatic carbocycles. The van der Waals surface area contributed by atoms with Gasteiger partial charge in [0.25, 0.3) is 5.91 Å². The van der Waals surface area contributed by atoms with Gasteiger partial charge in [-0.05, 0) is 62.2 Å². The highest BCUT2D eigenvalue weighted by atomic mass is 16.5. The number of nitrogens with one attached hydrogen (secondary N) is 2. The van der Waals surface area contributed by atoms with E-state index in [-0.39, 0.29) is 11.9 Å². The van der Waals surface area contributed by atoms with E-state index < -0.39 is 5.97 Å². The van der Waals surface area contributed by atoms with Gasteiger partial charge < -0.3 is 15.5 Å². The Morgan fingerprint density at radius 2 is 2.06 bits per heavy atom. The number of nitrogens with zero attached hydrogens (tertiary/aromatic N) is 3. The summed E-state index contributed by atoms with van der Waals surface area (Å²) in [6.45, 7) is 6.57. The number of hydrogen-bond donors (Lipinski definition) is 2. The highest BCUT2D eigenvalue weighted by molar-refractivity contribution is 6.16. The molecule has 8 nitrogen and oxygen atoms in total. The molecule has 1 unspecified atom stereocenters. The van der Waals surface area contributed by atoms with Crippen LogP contribution in [0.4, 0.5) is 5.69 Å². The molecule has 0 spiro atoms. The number of anilines is 1. The number of rotatable bonds is 8. The summed E-state index contributed by atoms with van der Waals surface area (Å²) in [5.41, 5.74) is 7.24. The lowest BCUT2D eigenvalue weighted by Gasteiger charge is -2.11. The Morgan fingerprint density at radius 1 is 1.24 bits per heavy atom. The smallest absolute Gasteiger partial charge is 0.338 e. The predicted octanol–water partition coefficient (Wildman–Crippen LogP) is 3.92. The molecule has 8 heteroatoms. The summed E-state index contributed by atoms with van der Waals surface area (Å²) < 4.78 is 5.04. The molecule has 2 aromatic rings. The quantitative estimate of drug-likeness (QED) is 0.472. The minimum atomic E-state index is -0.391. The van der Waals surface area contributed by atoms with Crippen molar-refractivity contribution in [1.29, 1.82) is 0 Å². The molecule has 2 aromatic carbocycles. The van der Waals surface area contributed by atoms with E-state index in [9.17, 15) is 9.59 Å². The average molecular weight is 448 g/mol. The SMILES string of the molecule is CCOC(=O)c1ccc(C(=O)Nc2cccc(C(C)N=CC=NC3=CNN(C)C3)c2)cc1C. The number of carbonyl (C=O) groups excluding carboxylic acids is 2. The van der Waals surface area contributed by atoms with Crippen molar-refractivity contribution in [3.63, 3.8) is 0 Å². The molecular formula is C25H29N5O3. The number of hydrogen-bond acceptors (Lipinski definition) is 7. The van der Waals surface area contributed by atoms with Crippen molar-refractivity contribution in [3.8, 4) is 0 Å². The topological polar surface area (TPSA) is 95.4 Å². The van der Waals surface area contributed by atoms with Crippen LogP contribution in [0.3, 0.4) is 0 Å². The van der Waals surface area contributed by atoms with Crippen LogP contribution >= 0.6 is 0 Å². The molecule has 0 fully saturated rings. The molecule has 2 N–H and O–H groups in total. The van der Waals surface area contributed by atoms with Crippen LogP contribution in [-0.4, -0.2) is 49.5 Å². The molecule has 1 heterocycles. The molecule has 1 aliphatic rings. The number of hydrazine groups is 1. The fourth-order valence-corrected chi connectivity index (χ4v) is 3.30. The maximum atomic E-state index is 12.7. The summed E-state index contributed by atoms with van der Waals surface area (Å²) in [5, 5.41) is 4.84. The van der Waals surface area contributed by atoms with Crippen LogP contribution in [0.5, 0.6) is 0 Å². The van der Waals surface area contributed by atoms with Crippen molar-refractivity contribution in [3.05, 3.63) is 76.6 Å². The molecule has 33 heavy (non-hydrogen) atoms. The first-order chi connectivity index (χ1) is 15.9. The Balaban J connectivity index is 1.62. The van der Waals surface area contributed by atoms with Crippen LogP contribution in [0.2, 0.25) is 0 Å². The zero-order valence-corrected chi connectivity index (χ0v) is 19.3. The molecular weight excluding hydrogens is 418 g/mol. The minimum Gasteiger partial charge on any atom is -0.462 e. The van der Waals surface area contributed by atoms with Crippen LogP contribution in [-0.2, 0) is 4.74 Å². The van der Waals surface area contributed by atoms with Gasteiger partial charge in [-0.3, -0.25) is 14.8 Å². The van der Waals surface area contributed by atoms with Crippen LogP contribution in [0, 0.1) is 6.92 Å². The Bertz CT molecular complexity index is 1110. The van der Waals surface area contributed by atoms with Gasteiger partial charge in [-0.25, -0.2) is 9.80 Å². The van der Waals surface area contributed by atoms with Gasteiger partial charge >= 0.3 is 5.97 Å². The second kappa shape index (κ2) is 11.2. The summed E-state index contributed by atoms with van der Waals surface area (Å²) >= 11 is 0. The van der Waals surface area contributed by atoms with Gasteiger partial charge in [0, 0.05) is 36.9 Å². The van der Waals surface area contributed by atoms with E-state index in [1.165, 1.54) is 0 Å². The number of likely N-dealkylation sites (N-methyl/N-ethyl adjacent to an activating group) is 1. The van der Waals surface area contributed by atoms with Crippen LogP contribution in [0.15, 0.2) is 64.3 Å². The maximum Gasteiger partial charge on any atom is 0.338 e. The van der Waals surface area contributed by atoms with Crippen molar-refractivity contribution >= 4 is 30.0 Å². The van der Waals surface area contributed by atoms with E-state index in [2.05, 4.69) is 20.7 Å². The van der Waals surface area contributed by atoms with E-state index >= 15 is 0 Å². The lowest BCUT2D eigenvalue weighted by atomic mass is 10.0. The molecule has 3 rings (SSSR count). The van der Waals surface area contributed by atoms with Crippen molar-refractivity contribution in [2.75, 3.05) is 25.5 Å². The van der Waals surface area contributed by atoms with E-state index in [0.717, 1.165) is 17.8 Å². The minimum absolute atomic E-state index is 0.0993. The number of aliphatic imine (C=N–C) groups is 2. The van der Waals surface area contributed by atoms with Gasteiger partial charge in [0.05, 0.1) is 30.5 Å². The molecule has 1 amide bonds. The molecule has 1 atom stereocenters. The van der Waals surface area contributed by atoms with Gasteiger partial charge in [0.1, 0.15) is 0 Å². The highest BCUT2D eigenvalue weighted by Crippen LogP contribution is 2.21. The first kappa shape index (κ1) is 23.9. The Morgan fingerprint density at radius 3 is 2.76 bits per heavy atom. The normalized spacial score (nSPS) is 14.8. The molecule has 172 valence electrons. The van der Waals surface area contributed by atoms with Crippen molar-refractivity contribution in [2.45, 2.75) is 26.8 Å². The second-order valence-electron chi connectivity index (χ2n) is 7.70. The number of amides is 1. The summed E-state index contributed by atoms with van der Waals surface area (Å²) in [5.74, 6) is -0.643. The first-order valence-electron chi connectivity index (χ1n) is 10.8. The lowest BCUT2D eigenvalue weighted by molar-refractivity contribution is 0.0525. The van der Waals surface area contributed by atoms with Crippen molar-refractivity contribution in [1.82, 2.24) is 10.4 Å². The molecule has 0 saturated carbocycles. The van der Waals surface area contributed by atoms with Crippen LogP contribution in [0.25, 0.3) is 0 Å². The first-order valence-corrected chi connectivity index (χ1v) is 10.8. The molecule has 0 saturated heterocycles. The van der Waals surface area contributed by atoms with Gasteiger partial charge in [-0.15, -0.1) is 0 Å². The Hall–Kier alpha value is -3.78. The monoisotopic (exact) mass is 447 g/mol. The van der Waals surface area contributed by atoms with E-state index in [4.69, 9.17) is 4.74 Å². The highest BCUT2D eigenvalue weighted by Gasteiger charge is 2.14. The number of aryl methyl sites for hydroxylation is 1. The fraction of sp³-hybridized carbons (Fsp3) is 0.280. The number of benzene rings is 2. The maximum absolute atomic E-state index is 12.7. The Labute approximate surface area is 194 Å². The summed E-state index contributed by atoms with van der Waals surface area (Å²) in [4.78, 5) is 33.6. The third kappa shape index (κ3) is 6.60. The number of ether oxygens (including phenoxy) is 1. The van der Waals surface area contributed by atoms with Gasteiger partial charge in [0.2, 0.25) is 0 Å². The fourth-order valence-electron chi connectivity index (χ4n) is 3.30. The molecule has 0 bridgehead atoms. The van der Waals surface area contributed by atoms with Gasteiger partial charge in [-0.1, -0.05) is 12.1 Å². The Kier molecular flexibility index (Phi) is 8.10. The van der Waals surface area contributed by atoms with E-state index in [1.807, 2.05) is 49.4 Å². The zero-order chi connectivity index (χ0) is 23.8. The predicted molar refractivity (Wildman–Crippen MR) is 131 cm³/mol. The van der Waals surface area contributed by atoms with E-state index in [1.54, 1.807) is 44.5 Å². The lowest BCUT2D eigenvalue weighted by Crippen LogP contribution is -2.24. The summed E-state index contributed by atoms with van der Waals surface area (Å²) in [6, 6.07) is 12.4. The standard InChI is InChI=1S/C25H29N5O3/c1-5-33-25(32)23-10-9-20(13-17(23)2)24(31)29-21-8-6-7-19(14-21)18(3)26-11-12-27-22-15-28-30(4)16-22/h6-15,18,28H,5,16H2,1-4H3,(H,29,31). The zero-order valence-electron chi connectivity index (χ0n) is 19.3. The van der Waals surface area contributed by atoms with Gasteiger partial charge in [0.15, 0.2) is 0 Å². The van der Waals surface area contributed by atoms with Crippen molar-refractivity contribution < 1.29 is 14.3 Å². The number of carbonyl (C=O) groups is 2. The van der Waals surface area contributed by atoms with E-state index in [0.29, 0.717) is 29.0 Å².